The average Bonchev–Trinajstić information content (AvgIpc) is 3.30. The lowest BCUT2D eigenvalue weighted by Gasteiger charge is -2.20. The summed E-state index contributed by atoms with van der Waals surface area (Å²) in [6.07, 6.45) is 0. The molecular formula is C40H27NOP+. The lowest BCUT2D eigenvalue weighted by Crippen LogP contribution is -2.17. The van der Waals surface area contributed by atoms with Crippen LogP contribution in [-0.2, 0) is 0 Å². The monoisotopic (exact) mass is 568 g/mol. The third kappa shape index (κ3) is 3.87. The molecule has 1 heterocycles. The van der Waals surface area contributed by atoms with E-state index in [1.54, 1.807) is 0 Å². The first-order valence-electron chi connectivity index (χ1n) is 14.4. The maximum Gasteiger partial charge on any atom is 0.205 e. The summed E-state index contributed by atoms with van der Waals surface area (Å²) in [7, 11) is -2.56. The molecule has 0 saturated carbocycles. The van der Waals surface area contributed by atoms with Crippen LogP contribution in [0.4, 0.5) is 0 Å². The van der Waals surface area contributed by atoms with Gasteiger partial charge in [0.05, 0.1) is 18.3 Å². The molecule has 0 saturated heterocycles. The van der Waals surface area contributed by atoms with Crippen LogP contribution in [-0.4, -0.2) is 11.6 Å². The normalized spacial score (nSPS) is 15.3. The Bertz CT molecular complexity index is 2220. The molecule has 1 aliphatic heterocycles. The summed E-state index contributed by atoms with van der Waals surface area (Å²) in [5.74, 6) is 0. The van der Waals surface area contributed by atoms with E-state index in [4.69, 9.17) is 0 Å². The maximum atomic E-state index is 12.2. The van der Waals surface area contributed by atoms with Crippen LogP contribution in [0.3, 0.4) is 0 Å². The molecule has 1 aliphatic rings. The van der Waals surface area contributed by atoms with E-state index < -0.39 is 7.49 Å². The van der Waals surface area contributed by atoms with E-state index in [1.807, 2.05) is 37.0 Å². The second-order valence-corrected chi connectivity index (χ2v) is 14.1. The first-order chi connectivity index (χ1) is 21.1. The Labute approximate surface area is 251 Å². The summed E-state index contributed by atoms with van der Waals surface area (Å²) in [6, 6.07) is 50.8. The van der Waals surface area contributed by atoms with Gasteiger partial charge in [0.25, 0.3) is 0 Å². The molecule has 8 rings (SSSR count). The number of hydrogen-bond donors (Lipinski definition) is 1. The highest BCUT2D eigenvalue weighted by molar-refractivity contribution is 7.85. The predicted molar refractivity (Wildman–Crippen MR) is 182 cm³/mol. The molecule has 1 N–H and O–H groups in total. The van der Waals surface area contributed by atoms with Crippen LogP contribution < -0.4 is 10.6 Å². The van der Waals surface area contributed by atoms with Gasteiger partial charge in [0.1, 0.15) is 10.6 Å². The van der Waals surface area contributed by atoms with Gasteiger partial charge in [-0.15, -0.1) is 0 Å². The lowest BCUT2D eigenvalue weighted by molar-refractivity contribution is 0.630. The second-order valence-electron chi connectivity index (χ2n) is 11.3. The quantitative estimate of drug-likeness (QED) is 0.171. The van der Waals surface area contributed by atoms with Crippen molar-refractivity contribution in [3.8, 4) is 50.6 Å². The zero-order chi connectivity index (χ0) is 29.1. The van der Waals surface area contributed by atoms with Crippen LogP contribution in [0.1, 0.15) is 5.56 Å². The third-order valence-corrected chi connectivity index (χ3v) is 11.5. The summed E-state index contributed by atoms with van der Waals surface area (Å²) in [5.41, 5.74) is 9.67. The average molecular weight is 569 g/mol. The largest absolute Gasteiger partial charge is 0.241 e. The highest BCUT2D eigenvalue weighted by Crippen LogP contribution is 2.59. The summed E-state index contributed by atoms with van der Waals surface area (Å²) in [6.45, 7) is 2.04. The Morgan fingerprint density at radius 1 is 0.512 bits per heavy atom. The van der Waals surface area contributed by atoms with Crippen molar-refractivity contribution >= 4 is 39.6 Å². The summed E-state index contributed by atoms with van der Waals surface area (Å²) in [5, 5.41) is 16.2. The number of fused-ring (bicyclic) bond motifs is 5. The molecule has 0 fully saturated rings. The minimum Gasteiger partial charge on any atom is -0.241 e. The van der Waals surface area contributed by atoms with E-state index in [1.165, 1.54) is 32.7 Å². The molecule has 7 aromatic rings. The van der Waals surface area contributed by atoms with Crippen molar-refractivity contribution in [2.24, 2.45) is 0 Å². The fourth-order valence-corrected chi connectivity index (χ4v) is 9.56. The molecule has 0 aliphatic carbocycles. The van der Waals surface area contributed by atoms with Crippen LogP contribution >= 0.6 is 7.49 Å². The lowest BCUT2D eigenvalue weighted by atomic mass is 9.85. The zero-order valence-corrected chi connectivity index (χ0v) is 24.5. The number of hydrogen-bond acceptors (Lipinski definition) is 2. The minimum atomic E-state index is -2.56. The molecule has 1 atom stereocenters. The molecule has 0 aromatic heterocycles. The summed E-state index contributed by atoms with van der Waals surface area (Å²) >= 11 is 0. The highest BCUT2D eigenvalue weighted by Gasteiger charge is 2.48. The third-order valence-electron chi connectivity index (χ3n) is 8.83. The van der Waals surface area contributed by atoms with Crippen LogP contribution in [0, 0.1) is 11.3 Å². The fourth-order valence-electron chi connectivity index (χ4n) is 6.96. The van der Waals surface area contributed by atoms with Crippen molar-refractivity contribution in [1.29, 1.82) is 5.26 Å². The maximum absolute atomic E-state index is 12.2. The van der Waals surface area contributed by atoms with Gasteiger partial charge < -0.3 is 0 Å². The first-order valence-corrected chi connectivity index (χ1v) is 16.6. The molecule has 0 spiro atoms. The summed E-state index contributed by atoms with van der Waals surface area (Å²) in [4.78, 5) is 12.2. The Balaban J connectivity index is 1.39. The molecule has 3 heteroatoms. The van der Waals surface area contributed by atoms with Gasteiger partial charge in [-0.05, 0) is 62.0 Å². The van der Waals surface area contributed by atoms with E-state index in [2.05, 4.69) is 115 Å². The standard InChI is InChI=1S/C40H27NOP/c1-43(42)37-19-7-6-12-30(37)35-17-9-18-36(40(35)43)39-33-15-4-2-13-31(33)38(32-14-3-5-16-34(32)39)28-22-20-27(21-23-28)29-11-8-10-26(24-29)25-41/h2-24,42H,1H3/q+1. The van der Waals surface area contributed by atoms with Crippen molar-refractivity contribution in [2.75, 3.05) is 6.66 Å². The molecule has 202 valence electrons. The number of rotatable bonds is 3. The van der Waals surface area contributed by atoms with Gasteiger partial charge in [-0.25, -0.2) is 4.89 Å². The molecule has 2 nitrogen and oxygen atoms in total. The number of nitriles is 1. The Morgan fingerprint density at radius 3 is 1.72 bits per heavy atom. The van der Waals surface area contributed by atoms with Crippen LogP contribution in [0.25, 0.3) is 66.1 Å². The smallest absolute Gasteiger partial charge is 0.205 e. The highest BCUT2D eigenvalue weighted by atomic mass is 31.2. The topological polar surface area (TPSA) is 44.0 Å². The first kappa shape index (κ1) is 25.6. The van der Waals surface area contributed by atoms with Gasteiger partial charge in [0.15, 0.2) is 0 Å². The molecular weight excluding hydrogens is 541 g/mol. The molecule has 0 radical (unpaired) electrons. The van der Waals surface area contributed by atoms with E-state index in [9.17, 15) is 10.2 Å². The van der Waals surface area contributed by atoms with Gasteiger partial charge in [0.2, 0.25) is 7.49 Å². The van der Waals surface area contributed by atoms with Gasteiger partial charge in [-0.2, -0.15) is 5.26 Å². The Morgan fingerprint density at radius 2 is 1.05 bits per heavy atom. The van der Waals surface area contributed by atoms with Gasteiger partial charge >= 0.3 is 0 Å². The zero-order valence-electron chi connectivity index (χ0n) is 23.6. The second kappa shape index (κ2) is 9.75. The molecule has 43 heavy (non-hydrogen) atoms. The van der Waals surface area contributed by atoms with E-state index in [0.717, 1.165) is 44.0 Å². The van der Waals surface area contributed by atoms with Crippen molar-refractivity contribution in [1.82, 2.24) is 0 Å². The van der Waals surface area contributed by atoms with E-state index >= 15 is 0 Å². The predicted octanol–water partition coefficient (Wildman–Crippen LogP) is 9.35. The van der Waals surface area contributed by atoms with Crippen molar-refractivity contribution in [3.05, 3.63) is 145 Å². The van der Waals surface area contributed by atoms with Crippen molar-refractivity contribution in [3.63, 3.8) is 0 Å². The Hall–Kier alpha value is -5.06. The van der Waals surface area contributed by atoms with Crippen molar-refractivity contribution < 1.29 is 4.89 Å². The van der Waals surface area contributed by atoms with E-state index in [-0.39, 0.29) is 0 Å². The van der Waals surface area contributed by atoms with Gasteiger partial charge in [0, 0.05) is 22.3 Å². The fraction of sp³-hybridized carbons (Fsp3) is 0.0250. The minimum absolute atomic E-state index is 0.658. The molecule has 7 aromatic carbocycles. The molecule has 0 bridgehead atoms. The van der Waals surface area contributed by atoms with Gasteiger partial charge in [-0.1, -0.05) is 121 Å². The Kier molecular flexibility index (Phi) is 5.82. The number of benzene rings is 7. The number of nitrogens with zero attached hydrogens (tertiary/aromatic N) is 1. The van der Waals surface area contributed by atoms with Crippen LogP contribution in [0.15, 0.2) is 140 Å². The van der Waals surface area contributed by atoms with Crippen LogP contribution in [0.2, 0.25) is 0 Å². The van der Waals surface area contributed by atoms with Gasteiger partial charge in [-0.3, -0.25) is 0 Å². The van der Waals surface area contributed by atoms with Crippen LogP contribution in [0.5, 0.6) is 0 Å². The molecule has 1 unspecified atom stereocenters. The summed E-state index contributed by atoms with van der Waals surface area (Å²) < 4.78 is 0. The van der Waals surface area contributed by atoms with Crippen molar-refractivity contribution in [2.45, 2.75) is 0 Å². The molecule has 0 amide bonds. The van der Waals surface area contributed by atoms with E-state index in [0.29, 0.717) is 5.56 Å². The SMILES string of the molecule is C[P+]1(O)c2ccccc2-c2cccc(-c3c4ccccc4c(-c4ccc(-c5cccc(C#N)c5)cc4)c4ccccc34)c21.